The Bertz CT molecular complexity index is 514. The molecule has 0 bridgehead atoms. The van der Waals surface area contributed by atoms with Gasteiger partial charge in [0.15, 0.2) is 0 Å². The summed E-state index contributed by atoms with van der Waals surface area (Å²) in [7, 11) is 0. The Morgan fingerprint density at radius 1 is 1.47 bits per heavy atom. The van der Waals surface area contributed by atoms with E-state index in [2.05, 4.69) is 4.98 Å². The SMILES string of the molecule is CC(C)c1cn2c(C(=O)O)cccc2n1. The summed E-state index contributed by atoms with van der Waals surface area (Å²) in [5.74, 6) is -0.639. The molecule has 0 atom stereocenters. The van der Waals surface area contributed by atoms with Crippen molar-refractivity contribution in [3.05, 3.63) is 35.8 Å². The van der Waals surface area contributed by atoms with Crippen LogP contribution in [-0.4, -0.2) is 20.5 Å². The first-order valence-corrected chi connectivity index (χ1v) is 4.81. The lowest BCUT2D eigenvalue weighted by atomic mass is 10.2. The van der Waals surface area contributed by atoms with Crippen LogP contribution in [0.5, 0.6) is 0 Å². The number of carbonyl (C=O) groups is 1. The van der Waals surface area contributed by atoms with Crippen LogP contribution in [0.4, 0.5) is 0 Å². The molecule has 1 N–H and O–H groups in total. The van der Waals surface area contributed by atoms with Crippen molar-refractivity contribution >= 4 is 11.6 Å². The van der Waals surface area contributed by atoms with Crippen molar-refractivity contribution in [1.29, 1.82) is 0 Å². The number of rotatable bonds is 2. The number of hydrogen-bond acceptors (Lipinski definition) is 2. The standard InChI is InChI=1S/C11H12N2O2/c1-7(2)8-6-13-9(11(14)15)4-3-5-10(13)12-8/h3-7H,1-2H3,(H,14,15). The molecule has 0 fully saturated rings. The van der Waals surface area contributed by atoms with Crippen LogP contribution < -0.4 is 0 Å². The predicted molar refractivity (Wildman–Crippen MR) is 56.2 cm³/mol. The van der Waals surface area contributed by atoms with Gasteiger partial charge in [0.2, 0.25) is 0 Å². The first kappa shape index (κ1) is 9.71. The van der Waals surface area contributed by atoms with Gasteiger partial charge >= 0.3 is 5.97 Å². The Kier molecular flexibility index (Phi) is 2.19. The maximum absolute atomic E-state index is 10.9. The Hall–Kier alpha value is -1.84. The van der Waals surface area contributed by atoms with Gasteiger partial charge in [-0.1, -0.05) is 19.9 Å². The van der Waals surface area contributed by atoms with E-state index in [-0.39, 0.29) is 5.69 Å². The van der Waals surface area contributed by atoms with Gasteiger partial charge in [0, 0.05) is 6.20 Å². The average Bonchev–Trinajstić information content (AvgIpc) is 2.60. The van der Waals surface area contributed by atoms with Gasteiger partial charge in [-0.2, -0.15) is 0 Å². The zero-order valence-electron chi connectivity index (χ0n) is 8.64. The highest BCUT2D eigenvalue weighted by Crippen LogP contribution is 2.15. The van der Waals surface area contributed by atoms with Gasteiger partial charge in [0.05, 0.1) is 5.69 Å². The van der Waals surface area contributed by atoms with E-state index >= 15 is 0 Å². The van der Waals surface area contributed by atoms with E-state index in [9.17, 15) is 4.79 Å². The molecular weight excluding hydrogens is 192 g/mol. The second-order valence-corrected chi connectivity index (χ2v) is 3.76. The lowest BCUT2D eigenvalue weighted by Gasteiger charge is -1.98. The second-order valence-electron chi connectivity index (χ2n) is 3.76. The molecule has 0 amide bonds. The summed E-state index contributed by atoms with van der Waals surface area (Å²) in [5.41, 5.74) is 1.83. The third-order valence-electron chi connectivity index (χ3n) is 2.32. The normalized spacial score (nSPS) is 11.1. The molecule has 0 spiro atoms. The van der Waals surface area contributed by atoms with Crippen LogP contribution in [0.25, 0.3) is 5.65 Å². The van der Waals surface area contributed by atoms with Crippen LogP contribution in [0.1, 0.15) is 35.9 Å². The molecule has 0 unspecified atom stereocenters. The van der Waals surface area contributed by atoms with Crippen LogP contribution in [0.2, 0.25) is 0 Å². The topological polar surface area (TPSA) is 54.6 Å². The summed E-state index contributed by atoms with van der Waals surface area (Å²) in [6, 6.07) is 5.08. The fraction of sp³-hybridized carbons (Fsp3) is 0.273. The Morgan fingerprint density at radius 3 is 2.80 bits per heavy atom. The van der Waals surface area contributed by atoms with Crippen molar-refractivity contribution < 1.29 is 9.90 Å². The minimum atomic E-state index is -0.937. The van der Waals surface area contributed by atoms with E-state index in [1.54, 1.807) is 28.8 Å². The quantitative estimate of drug-likeness (QED) is 0.815. The summed E-state index contributed by atoms with van der Waals surface area (Å²) in [6.07, 6.45) is 1.78. The smallest absolute Gasteiger partial charge is 0.352 e. The van der Waals surface area contributed by atoms with E-state index in [0.717, 1.165) is 5.69 Å². The van der Waals surface area contributed by atoms with Crippen molar-refractivity contribution in [1.82, 2.24) is 9.38 Å². The molecule has 4 heteroatoms. The molecule has 15 heavy (non-hydrogen) atoms. The third-order valence-corrected chi connectivity index (χ3v) is 2.32. The Morgan fingerprint density at radius 2 is 2.20 bits per heavy atom. The highest BCUT2D eigenvalue weighted by molar-refractivity contribution is 5.86. The molecule has 0 aliphatic carbocycles. The first-order valence-electron chi connectivity index (χ1n) is 4.81. The molecule has 78 valence electrons. The Labute approximate surface area is 87.2 Å². The van der Waals surface area contributed by atoms with Gasteiger partial charge in [-0.3, -0.25) is 4.40 Å². The predicted octanol–water partition coefficient (Wildman–Crippen LogP) is 2.16. The molecule has 2 aromatic heterocycles. The summed E-state index contributed by atoms with van der Waals surface area (Å²) < 4.78 is 1.61. The largest absolute Gasteiger partial charge is 0.477 e. The molecule has 0 aliphatic rings. The van der Waals surface area contributed by atoms with Crippen LogP contribution >= 0.6 is 0 Å². The van der Waals surface area contributed by atoms with Crippen molar-refractivity contribution in [3.63, 3.8) is 0 Å². The number of imidazole rings is 1. The lowest BCUT2D eigenvalue weighted by Crippen LogP contribution is -2.03. The number of hydrogen-bond donors (Lipinski definition) is 1. The Balaban J connectivity index is 2.70. The third kappa shape index (κ3) is 1.58. The van der Waals surface area contributed by atoms with Crippen LogP contribution in [0, 0.1) is 0 Å². The molecule has 0 aromatic carbocycles. The molecule has 2 heterocycles. The summed E-state index contributed by atoms with van der Waals surface area (Å²) in [5, 5.41) is 8.98. The highest BCUT2D eigenvalue weighted by atomic mass is 16.4. The van der Waals surface area contributed by atoms with Gasteiger partial charge in [0.1, 0.15) is 11.3 Å². The lowest BCUT2D eigenvalue weighted by molar-refractivity contribution is 0.0689. The highest BCUT2D eigenvalue weighted by Gasteiger charge is 2.11. The minimum absolute atomic E-state index is 0.243. The van der Waals surface area contributed by atoms with Crippen LogP contribution in [-0.2, 0) is 0 Å². The number of nitrogens with zero attached hydrogens (tertiary/aromatic N) is 2. The fourth-order valence-electron chi connectivity index (χ4n) is 1.48. The van der Waals surface area contributed by atoms with E-state index in [4.69, 9.17) is 5.11 Å². The van der Waals surface area contributed by atoms with Gasteiger partial charge < -0.3 is 5.11 Å². The average molecular weight is 204 g/mol. The summed E-state index contributed by atoms with van der Waals surface area (Å²) >= 11 is 0. The zero-order chi connectivity index (χ0) is 11.0. The van der Waals surface area contributed by atoms with Crippen molar-refractivity contribution in [2.24, 2.45) is 0 Å². The summed E-state index contributed by atoms with van der Waals surface area (Å²) in [4.78, 5) is 15.3. The molecule has 0 saturated heterocycles. The molecule has 0 aliphatic heterocycles. The molecule has 0 saturated carbocycles. The van der Waals surface area contributed by atoms with Gasteiger partial charge in [0.25, 0.3) is 0 Å². The number of fused-ring (bicyclic) bond motifs is 1. The number of carboxylic acid groups (broad SMARTS) is 1. The van der Waals surface area contributed by atoms with E-state index < -0.39 is 5.97 Å². The number of aromatic carboxylic acids is 1. The molecule has 2 aromatic rings. The summed E-state index contributed by atoms with van der Waals surface area (Å²) in [6.45, 7) is 4.06. The first-order chi connectivity index (χ1) is 7.09. The van der Waals surface area contributed by atoms with E-state index in [1.807, 2.05) is 13.8 Å². The molecule has 4 nitrogen and oxygen atoms in total. The van der Waals surface area contributed by atoms with Gasteiger partial charge in [-0.05, 0) is 18.1 Å². The fourth-order valence-corrected chi connectivity index (χ4v) is 1.48. The number of carboxylic acids is 1. The van der Waals surface area contributed by atoms with Crippen molar-refractivity contribution in [3.8, 4) is 0 Å². The molecule has 0 radical (unpaired) electrons. The maximum Gasteiger partial charge on any atom is 0.352 e. The van der Waals surface area contributed by atoms with Gasteiger partial charge in [-0.25, -0.2) is 9.78 Å². The molecular formula is C11H12N2O2. The monoisotopic (exact) mass is 204 g/mol. The number of pyridine rings is 1. The zero-order valence-corrected chi connectivity index (χ0v) is 8.64. The number of aromatic nitrogens is 2. The van der Waals surface area contributed by atoms with E-state index in [1.165, 1.54) is 0 Å². The van der Waals surface area contributed by atoms with Gasteiger partial charge in [-0.15, -0.1) is 0 Å². The maximum atomic E-state index is 10.9. The van der Waals surface area contributed by atoms with Crippen LogP contribution in [0.3, 0.4) is 0 Å². The van der Waals surface area contributed by atoms with Crippen molar-refractivity contribution in [2.75, 3.05) is 0 Å². The minimum Gasteiger partial charge on any atom is -0.477 e. The molecule has 2 rings (SSSR count). The van der Waals surface area contributed by atoms with E-state index in [0.29, 0.717) is 11.6 Å². The van der Waals surface area contributed by atoms with Crippen molar-refractivity contribution in [2.45, 2.75) is 19.8 Å². The van der Waals surface area contributed by atoms with Crippen LogP contribution in [0.15, 0.2) is 24.4 Å². The second kappa shape index (κ2) is 3.38.